The fraction of sp³-hybridized carbons (Fsp3) is 0.571. The minimum absolute atomic E-state index is 0.169. The van der Waals surface area contributed by atoms with E-state index in [2.05, 4.69) is 38.1 Å². The van der Waals surface area contributed by atoms with E-state index in [4.69, 9.17) is 0 Å². The van der Waals surface area contributed by atoms with Gasteiger partial charge in [-0.15, -0.1) is 11.8 Å². The standard InChI is InChI=1S/C14H20OS/c1-3-6-10(2)14(15)13-9-11-7-4-5-8-12(11)16-13/h4-5,7-8,10,13-15H,3,6,9H2,1-2H3. The third-order valence-electron chi connectivity index (χ3n) is 3.38. The molecule has 0 spiro atoms. The third kappa shape index (κ3) is 2.44. The number of thioether (sulfide) groups is 1. The van der Waals surface area contributed by atoms with E-state index in [1.807, 2.05) is 11.8 Å². The zero-order valence-corrected chi connectivity index (χ0v) is 10.8. The molecule has 0 fully saturated rings. The van der Waals surface area contributed by atoms with Gasteiger partial charge in [-0.3, -0.25) is 0 Å². The summed E-state index contributed by atoms with van der Waals surface area (Å²) in [5.74, 6) is 0.414. The monoisotopic (exact) mass is 236 g/mol. The van der Waals surface area contributed by atoms with Crippen molar-refractivity contribution in [1.82, 2.24) is 0 Å². The van der Waals surface area contributed by atoms with E-state index in [1.54, 1.807) is 0 Å². The highest BCUT2D eigenvalue weighted by Crippen LogP contribution is 2.40. The lowest BCUT2D eigenvalue weighted by Crippen LogP contribution is -2.29. The molecule has 1 aliphatic rings. The van der Waals surface area contributed by atoms with Crippen LogP contribution in [-0.4, -0.2) is 16.5 Å². The Bertz CT molecular complexity index is 325. The van der Waals surface area contributed by atoms with E-state index < -0.39 is 0 Å². The summed E-state index contributed by atoms with van der Waals surface area (Å²) in [6.07, 6.45) is 3.13. The van der Waals surface area contributed by atoms with Crippen LogP contribution in [0.3, 0.4) is 0 Å². The predicted molar refractivity (Wildman–Crippen MR) is 69.9 cm³/mol. The van der Waals surface area contributed by atoms with Crippen molar-refractivity contribution in [2.45, 2.75) is 49.4 Å². The largest absolute Gasteiger partial charge is 0.392 e. The van der Waals surface area contributed by atoms with Crippen molar-refractivity contribution in [3.05, 3.63) is 29.8 Å². The van der Waals surface area contributed by atoms with E-state index in [0.29, 0.717) is 11.2 Å². The Balaban J connectivity index is 2.00. The second-order valence-corrected chi connectivity index (χ2v) is 6.01. The van der Waals surface area contributed by atoms with Crippen LogP contribution in [-0.2, 0) is 6.42 Å². The van der Waals surface area contributed by atoms with Gasteiger partial charge in [0.2, 0.25) is 0 Å². The first-order valence-electron chi connectivity index (χ1n) is 6.15. The molecule has 3 atom stereocenters. The lowest BCUT2D eigenvalue weighted by molar-refractivity contribution is 0.109. The van der Waals surface area contributed by atoms with Gasteiger partial charge < -0.3 is 5.11 Å². The van der Waals surface area contributed by atoms with Crippen molar-refractivity contribution in [2.24, 2.45) is 5.92 Å². The molecule has 1 aliphatic heterocycles. The molecule has 1 aromatic carbocycles. The molecule has 0 radical (unpaired) electrons. The van der Waals surface area contributed by atoms with Crippen LogP contribution in [0.4, 0.5) is 0 Å². The summed E-state index contributed by atoms with van der Waals surface area (Å²) >= 11 is 1.85. The van der Waals surface area contributed by atoms with Crippen molar-refractivity contribution in [3.8, 4) is 0 Å². The highest BCUT2D eigenvalue weighted by atomic mass is 32.2. The number of aliphatic hydroxyl groups is 1. The van der Waals surface area contributed by atoms with Gasteiger partial charge in [0.1, 0.15) is 0 Å². The third-order valence-corrected chi connectivity index (χ3v) is 4.78. The van der Waals surface area contributed by atoms with Crippen molar-refractivity contribution in [1.29, 1.82) is 0 Å². The molecule has 0 saturated carbocycles. The molecule has 3 unspecified atom stereocenters. The maximum absolute atomic E-state index is 10.3. The predicted octanol–water partition coefficient (Wildman–Crippen LogP) is 3.50. The summed E-state index contributed by atoms with van der Waals surface area (Å²) < 4.78 is 0. The second-order valence-electron chi connectivity index (χ2n) is 4.72. The zero-order chi connectivity index (χ0) is 11.5. The van der Waals surface area contributed by atoms with Gasteiger partial charge in [-0.25, -0.2) is 0 Å². The molecule has 2 rings (SSSR count). The molecule has 0 aromatic heterocycles. The second kappa shape index (κ2) is 5.24. The van der Waals surface area contributed by atoms with Crippen LogP contribution in [0.15, 0.2) is 29.2 Å². The summed E-state index contributed by atoms with van der Waals surface area (Å²) in [6, 6.07) is 8.51. The van der Waals surface area contributed by atoms with Crippen molar-refractivity contribution < 1.29 is 5.11 Å². The summed E-state index contributed by atoms with van der Waals surface area (Å²) in [5.41, 5.74) is 1.40. The molecule has 0 amide bonds. The van der Waals surface area contributed by atoms with Gasteiger partial charge in [0.05, 0.1) is 6.10 Å². The van der Waals surface area contributed by atoms with E-state index in [0.717, 1.165) is 19.3 Å². The number of aliphatic hydroxyl groups excluding tert-OH is 1. The van der Waals surface area contributed by atoms with E-state index in [1.165, 1.54) is 10.5 Å². The van der Waals surface area contributed by atoms with E-state index >= 15 is 0 Å². The lowest BCUT2D eigenvalue weighted by Gasteiger charge is -2.23. The molecular formula is C14H20OS. The molecule has 1 N–H and O–H groups in total. The first kappa shape index (κ1) is 12.0. The van der Waals surface area contributed by atoms with Crippen molar-refractivity contribution in [2.75, 3.05) is 0 Å². The molecule has 0 bridgehead atoms. The molecule has 88 valence electrons. The topological polar surface area (TPSA) is 20.2 Å². The van der Waals surface area contributed by atoms with Crippen LogP contribution in [0.1, 0.15) is 32.3 Å². The SMILES string of the molecule is CCCC(C)C(O)C1Cc2ccccc2S1. The van der Waals surface area contributed by atoms with Gasteiger partial charge in [-0.2, -0.15) is 0 Å². The van der Waals surface area contributed by atoms with Crippen LogP contribution >= 0.6 is 11.8 Å². The Hall–Kier alpha value is -0.470. The maximum atomic E-state index is 10.3. The van der Waals surface area contributed by atoms with Crippen LogP contribution in [0.2, 0.25) is 0 Å². The van der Waals surface area contributed by atoms with Gasteiger partial charge in [0.15, 0.2) is 0 Å². The van der Waals surface area contributed by atoms with Crippen LogP contribution in [0.5, 0.6) is 0 Å². The minimum Gasteiger partial charge on any atom is -0.392 e. The van der Waals surface area contributed by atoms with Crippen LogP contribution < -0.4 is 0 Å². The minimum atomic E-state index is -0.169. The number of hydrogen-bond acceptors (Lipinski definition) is 2. The van der Waals surface area contributed by atoms with Crippen molar-refractivity contribution >= 4 is 11.8 Å². The Morgan fingerprint density at radius 2 is 2.19 bits per heavy atom. The summed E-state index contributed by atoms with van der Waals surface area (Å²) in [7, 11) is 0. The Morgan fingerprint density at radius 1 is 1.44 bits per heavy atom. The van der Waals surface area contributed by atoms with E-state index in [9.17, 15) is 5.11 Å². The van der Waals surface area contributed by atoms with Crippen LogP contribution in [0.25, 0.3) is 0 Å². The molecule has 16 heavy (non-hydrogen) atoms. The average molecular weight is 236 g/mol. The van der Waals surface area contributed by atoms with Gasteiger partial charge in [-0.05, 0) is 30.4 Å². The summed E-state index contributed by atoms with van der Waals surface area (Å²) in [6.45, 7) is 4.34. The normalized spacial score (nSPS) is 22.8. The van der Waals surface area contributed by atoms with Gasteiger partial charge in [0, 0.05) is 10.1 Å². The Labute approximate surface area is 102 Å². The molecule has 1 nitrogen and oxygen atoms in total. The van der Waals surface area contributed by atoms with Gasteiger partial charge >= 0.3 is 0 Å². The molecule has 0 aliphatic carbocycles. The lowest BCUT2D eigenvalue weighted by atomic mass is 9.94. The zero-order valence-electron chi connectivity index (χ0n) is 10.0. The van der Waals surface area contributed by atoms with Crippen LogP contribution in [0, 0.1) is 5.92 Å². The molecule has 0 saturated heterocycles. The van der Waals surface area contributed by atoms with Gasteiger partial charge in [-0.1, -0.05) is 38.5 Å². The maximum Gasteiger partial charge on any atom is 0.0691 e. The first-order valence-corrected chi connectivity index (χ1v) is 7.03. The number of benzene rings is 1. The highest BCUT2D eigenvalue weighted by molar-refractivity contribution is 8.00. The fourth-order valence-corrected chi connectivity index (χ4v) is 3.85. The quantitative estimate of drug-likeness (QED) is 0.863. The highest BCUT2D eigenvalue weighted by Gasteiger charge is 2.30. The summed E-state index contributed by atoms with van der Waals surface area (Å²) in [5, 5.41) is 10.7. The molecular weight excluding hydrogens is 216 g/mol. The summed E-state index contributed by atoms with van der Waals surface area (Å²) in [4.78, 5) is 1.36. The van der Waals surface area contributed by atoms with E-state index in [-0.39, 0.29) is 6.10 Å². The molecule has 2 heteroatoms. The van der Waals surface area contributed by atoms with Gasteiger partial charge in [0.25, 0.3) is 0 Å². The first-order chi connectivity index (χ1) is 7.72. The molecule has 1 heterocycles. The van der Waals surface area contributed by atoms with Crippen molar-refractivity contribution in [3.63, 3.8) is 0 Å². The number of hydrogen-bond donors (Lipinski definition) is 1. The Morgan fingerprint density at radius 3 is 2.88 bits per heavy atom. The average Bonchev–Trinajstić information content (AvgIpc) is 2.71. The Kier molecular flexibility index (Phi) is 3.93. The number of rotatable bonds is 4. The fourth-order valence-electron chi connectivity index (χ4n) is 2.39. The number of fused-ring (bicyclic) bond motifs is 1. The smallest absolute Gasteiger partial charge is 0.0691 e. The molecule has 1 aromatic rings.